The molecule has 1 unspecified atom stereocenters. The van der Waals surface area contributed by atoms with Gasteiger partial charge in [-0.3, -0.25) is 0 Å². The minimum atomic E-state index is -3.52. The van der Waals surface area contributed by atoms with E-state index in [9.17, 15) is 8.42 Å². The van der Waals surface area contributed by atoms with Crippen LogP contribution in [0.25, 0.3) is 0 Å². The zero-order valence-electron chi connectivity index (χ0n) is 11.3. The molecule has 1 heterocycles. The number of anilines is 1. The van der Waals surface area contributed by atoms with Gasteiger partial charge in [-0.15, -0.1) is 11.3 Å². The van der Waals surface area contributed by atoms with Gasteiger partial charge >= 0.3 is 0 Å². The molecular weight excluding hydrogens is 294 g/mol. The molecule has 0 radical (unpaired) electrons. The van der Waals surface area contributed by atoms with E-state index in [-0.39, 0.29) is 10.8 Å². The standard InChI is InChI=1S/C13H17N3O2S2/c1-9-7-11(14)3-4-12(9)20(17,18)16-8-10(2)13-15-5-6-19-13/h3-7,10,16H,8,14H2,1-2H3. The number of thiazole rings is 1. The summed E-state index contributed by atoms with van der Waals surface area (Å²) in [7, 11) is -3.52. The molecule has 3 N–H and O–H groups in total. The van der Waals surface area contributed by atoms with Crippen LogP contribution < -0.4 is 10.5 Å². The van der Waals surface area contributed by atoms with Crippen LogP contribution in [0, 0.1) is 6.92 Å². The summed E-state index contributed by atoms with van der Waals surface area (Å²) in [6.45, 7) is 3.99. The van der Waals surface area contributed by atoms with E-state index in [1.165, 1.54) is 17.4 Å². The van der Waals surface area contributed by atoms with Crippen molar-refractivity contribution in [3.05, 3.63) is 40.3 Å². The van der Waals surface area contributed by atoms with Crippen molar-refractivity contribution in [1.29, 1.82) is 0 Å². The highest BCUT2D eigenvalue weighted by atomic mass is 32.2. The summed E-state index contributed by atoms with van der Waals surface area (Å²) in [6, 6.07) is 4.77. The van der Waals surface area contributed by atoms with E-state index in [0.717, 1.165) is 5.01 Å². The molecule has 1 atom stereocenters. The molecule has 0 saturated heterocycles. The summed E-state index contributed by atoms with van der Waals surface area (Å²) >= 11 is 1.52. The fraction of sp³-hybridized carbons (Fsp3) is 0.308. The van der Waals surface area contributed by atoms with Gasteiger partial charge in [0.2, 0.25) is 10.0 Å². The Morgan fingerprint density at radius 3 is 2.80 bits per heavy atom. The maximum Gasteiger partial charge on any atom is 0.240 e. The van der Waals surface area contributed by atoms with Gasteiger partial charge in [-0.2, -0.15) is 0 Å². The smallest absolute Gasteiger partial charge is 0.240 e. The maximum atomic E-state index is 12.3. The van der Waals surface area contributed by atoms with Crippen LogP contribution in [0.15, 0.2) is 34.7 Å². The molecule has 2 rings (SSSR count). The zero-order chi connectivity index (χ0) is 14.8. The molecule has 0 bridgehead atoms. The predicted molar refractivity (Wildman–Crippen MR) is 81.3 cm³/mol. The second-order valence-electron chi connectivity index (χ2n) is 4.65. The van der Waals surface area contributed by atoms with Crippen LogP contribution in [0.1, 0.15) is 23.4 Å². The largest absolute Gasteiger partial charge is 0.399 e. The molecule has 108 valence electrons. The summed E-state index contributed by atoms with van der Waals surface area (Å²) in [5, 5.41) is 2.80. The Hall–Kier alpha value is -1.44. The lowest BCUT2D eigenvalue weighted by atomic mass is 10.2. The molecule has 20 heavy (non-hydrogen) atoms. The van der Waals surface area contributed by atoms with Gasteiger partial charge in [-0.25, -0.2) is 18.1 Å². The topological polar surface area (TPSA) is 85.1 Å². The number of sulfonamides is 1. The summed E-state index contributed by atoms with van der Waals surface area (Å²) in [6.07, 6.45) is 1.72. The van der Waals surface area contributed by atoms with Crippen molar-refractivity contribution in [2.24, 2.45) is 0 Å². The lowest BCUT2D eigenvalue weighted by molar-refractivity contribution is 0.574. The lowest BCUT2D eigenvalue weighted by Crippen LogP contribution is -2.28. The minimum Gasteiger partial charge on any atom is -0.399 e. The van der Waals surface area contributed by atoms with Crippen molar-refractivity contribution < 1.29 is 8.42 Å². The van der Waals surface area contributed by atoms with Crippen LogP contribution in [0.5, 0.6) is 0 Å². The predicted octanol–water partition coefficient (Wildman–Crippen LogP) is 2.12. The molecule has 0 saturated carbocycles. The molecule has 5 nitrogen and oxygen atoms in total. The van der Waals surface area contributed by atoms with Gasteiger partial charge in [0, 0.05) is 29.7 Å². The van der Waals surface area contributed by atoms with E-state index in [1.54, 1.807) is 25.3 Å². The Bertz CT molecular complexity index is 682. The van der Waals surface area contributed by atoms with E-state index < -0.39 is 10.0 Å². The fourth-order valence-corrected chi connectivity index (χ4v) is 3.91. The molecule has 2 aromatic rings. The number of rotatable bonds is 5. The molecule has 0 aliphatic heterocycles. The number of hydrogen-bond acceptors (Lipinski definition) is 5. The van der Waals surface area contributed by atoms with Crippen molar-refractivity contribution in [2.45, 2.75) is 24.7 Å². The maximum absolute atomic E-state index is 12.3. The minimum absolute atomic E-state index is 0.0406. The van der Waals surface area contributed by atoms with Gasteiger partial charge < -0.3 is 5.73 Å². The first-order valence-electron chi connectivity index (χ1n) is 6.15. The summed E-state index contributed by atoms with van der Waals surface area (Å²) in [4.78, 5) is 4.45. The molecule has 0 aliphatic carbocycles. The van der Waals surface area contributed by atoms with Gasteiger partial charge in [-0.1, -0.05) is 6.92 Å². The molecule has 7 heteroatoms. The number of nitrogens with one attached hydrogen (secondary N) is 1. The second kappa shape index (κ2) is 5.90. The highest BCUT2D eigenvalue weighted by Gasteiger charge is 2.18. The van der Waals surface area contributed by atoms with Crippen molar-refractivity contribution >= 4 is 27.0 Å². The number of aryl methyl sites for hydroxylation is 1. The first-order chi connectivity index (χ1) is 9.40. The Kier molecular flexibility index (Phi) is 4.42. The average molecular weight is 311 g/mol. The Labute approximate surface area is 122 Å². The van der Waals surface area contributed by atoms with Gasteiger partial charge in [0.25, 0.3) is 0 Å². The molecule has 0 aliphatic rings. The molecular formula is C13H17N3O2S2. The third-order valence-corrected chi connectivity index (χ3v) is 5.53. The summed E-state index contributed by atoms with van der Waals surface area (Å²) < 4.78 is 27.2. The highest BCUT2D eigenvalue weighted by molar-refractivity contribution is 7.89. The normalized spacial score (nSPS) is 13.3. The Morgan fingerprint density at radius 1 is 1.45 bits per heavy atom. The number of nitrogen functional groups attached to an aromatic ring is 1. The zero-order valence-corrected chi connectivity index (χ0v) is 13.0. The van der Waals surface area contributed by atoms with Crippen LogP contribution in [-0.2, 0) is 10.0 Å². The molecule has 1 aromatic carbocycles. The first kappa shape index (κ1) is 15.0. The van der Waals surface area contributed by atoms with Gasteiger partial charge in [-0.05, 0) is 30.7 Å². The number of aromatic nitrogens is 1. The Balaban J connectivity index is 2.11. The quantitative estimate of drug-likeness (QED) is 0.828. The monoisotopic (exact) mass is 311 g/mol. The van der Waals surface area contributed by atoms with Gasteiger partial charge in [0.15, 0.2) is 0 Å². The van der Waals surface area contributed by atoms with Gasteiger partial charge in [0.1, 0.15) is 0 Å². The van der Waals surface area contributed by atoms with Crippen LogP contribution >= 0.6 is 11.3 Å². The lowest BCUT2D eigenvalue weighted by Gasteiger charge is -2.12. The first-order valence-corrected chi connectivity index (χ1v) is 8.51. The van der Waals surface area contributed by atoms with Crippen LogP contribution in [0.2, 0.25) is 0 Å². The summed E-state index contributed by atoms with van der Waals surface area (Å²) in [5.41, 5.74) is 6.83. The average Bonchev–Trinajstić information content (AvgIpc) is 2.89. The van der Waals surface area contributed by atoms with Crippen molar-refractivity contribution in [3.63, 3.8) is 0 Å². The third-order valence-electron chi connectivity index (χ3n) is 2.94. The van der Waals surface area contributed by atoms with E-state index in [0.29, 0.717) is 17.8 Å². The Morgan fingerprint density at radius 2 is 2.20 bits per heavy atom. The number of nitrogens with two attached hydrogens (primary N) is 1. The highest BCUT2D eigenvalue weighted by Crippen LogP contribution is 2.20. The fourth-order valence-electron chi connectivity index (χ4n) is 1.85. The SMILES string of the molecule is Cc1cc(N)ccc1S(=O)(=O)NCC(C)c1nccs1. The van der Waals surface area contributed by atoms with Gasteiger partial charge in [0.05, 0.1) is 9.90 Å². The summed E-state index contributed by atoms with van der Waals surface area (Å²) in [5.74, 6) is 0.0406. The third kappa shape index (κ3) is 3.36. The molecule has 0 spiro atoms. The molecule has 0 amide bonds. The van der Waals surface area contributed by atoms with E-state index in [4.69, 9.17) is 5.73 Å². The van der Waals surface area contributed by atoms with Crippen molar-refractivity contribution in [1.82, 2.24) is 9.71 Å². The second-order valence-corrected chi connectivity index (χ2v) is 7.31. The number of nitrogens with zero attached hydrogens (tertiary/aromatic N) is 1. The van der Waals surface area contributed by atoms with E-state index in [1.807, 2.05) is 12.3 Å². The van der Waals surface area contributed by atoms with E-state index >= 15 is 0 Å². The van der Waals surface area contributed by atoms with Crippen molar-refractivity contribution in [2.75, 3.05) is 12.3 Å². The number of benzene rings is 1. The molecule has 0 fully saturated rings. The van der Waals surface area contributed by atoms with Crippen LogP contribution in [-0.4, -0.2) is 19.9 Å². The van der Waals surface area contributed by atoms with Crippen LogP contribution in [0.3, 0.4) is 0 Å². The van der Waals surface area contributed by atoms with Crippen LogP contribution in [0.4, 0.5) is 5.69 Å². The van der Waals surface area contributed by atoms with E-state index in [2.05, 4.69) is 9.71 Å². The molecule has 1 aromatic heterocycles. The van der Waals surface area contributed by atoms with Crippen molar-refractivity contribution in [3.8, 4) is 0 Å². The number of hydrogen-bond donors (Lipinski definition) is 2.